The van der Waals surface area contributed by atoms with Gasteiger partial charge in [-0.2, -0.15) is 0 Å². The number of aromatic nitrogens is 2. The van der Waals surface area contributed by atoms with Crippen LogP contribution in [-0.4, -0.2) is 47.7 Å². The molecule has 1 aromatic heterocycles. The summed E-state index contributed by atoms with van der Waals surface area (Å²) in [4.78, 5) is 14.9. The standard InChI is InChI=1S/C22H19N3O6/c26-22(14-4-6-17-19(9-14)30-12-28-17)25-7-1-2-15(10-25)21-24-23-20(31-21)13-3-5-16-18(8-13)29-11-27-16/h3-6,8-9,15H,1-2,7,10-12H2. The van der Waals surface area contributed by atoms with E-state index in [1.807, 2.05) is 23.1 Å². The second-order valence-electron chi connectivity index (χ2n) is 7.67. The smallest absolute Gasteiger partial charge is 0.254 e. The summed E-state index contributed by atoms with van der Waals surface area (Å²) in [5.41, 5.74) is 1.35. The van der Waals surface area contributed by atoms with Crippen molar-refractivity contribution in [1.29, 1.82) is 0 Å². The van der Waals surface area contributed by atoms with Crippen LogP contribution in [-0.2, 0) is 0 Å². The molecule has 3 aliphatic heterocycles. The van der Waals surface area contributed by atoms with Crippen LogP contribution < -0.4 is 18.9 Å². The van der Waals surface area contributed by atoms with Crippen molar-refractivity contribution in [2.24, 2.45) is 0 Å². The van der Waals surface area contributed by atoms with Crippen LogP contribution in [0, 0.1) is 0 Å². The van der Waals surface area contributed by atoms with E-state index in [0.29, 0.717) is 53.4 Å². The number of rotatable bonds is 3. The molecule has 0 saturated carbocycles. The molecule has 0 spiro atoms. The summed E-state index contributed by atoms with van der Waals surface area (Å²) in [6, 6.07) is 10.8. The van der Waals surface area contributed by atoms with Gasteiger partial charge in [0.2, 0.25) is 25.4 Å². The van der Waals surface area contributed by atoms with Crippen LogP contribution >= 0.6 is 0 Å². The number of carbonyl (C=O) groups is 1. The fourth-order valence-corrected chi connectivity index (χ4v) is 4.12. The van der Waals surface area contributed by atoms with Crippen LogP contribution in [0.5, 0.6) is 23.0 Å². The molecule has 0 aliphatic carbocycles. The molecule has 4 heterocycles. The van der Waals surface area contributed by atoms with E-state index in [2.05, 4.69) is 10.2 Å². The highest BCUT2D eigenvalue weighted by Crippen LogP contribution is 2.37. The predicted octanol–water partition coefficient (Wildman–Crippen LogP) is 3.21. The molecule has 1 amide bonds. The van der Waals surface area contributed by atoms with Crippen LogP contribution in [0.25, 0.3) is 11.5 Å². The lowest BCUT2D eigenvalue weighted by Gasteiger charge is -2.31. The normalized spacial score (nSPS) is 19.0. The first kappa shape index (κ1) is 18.1. The van der Waals surface area contributed by atoms with E-state index in [9.17, 15) is 4.79 Å². The Morgan fingerprint density at radius 1 is 0.903 bits per heavy atom. The first-order chi connectivity index (χ1) is 15.2. The summed E-state index contributed by atoms with van der Waals surface area (Å²) in [5, 5.41) is 8.47. The van der Waals surface area contributed by atoms with Crippen molar-refractivity contribution in [3.05, 3.63) is 47.9 Å². The highest BCUT2D eigenvalue weighted by molar-refractivity contribution is 5.95. The van der Waals surface area contributed by atoms with Gasteiger partial charge < -0.3 is 28.3 Å². The molecule has 0 bridgehead atoms. The van der Waals surface area contributed by atoms with Gasteiger partial charge in [0.25, 0.3) is 5.91 Å². The molecule has 1 atom stereocenters. The third-order valence-electron chi connectivity index (χ3n) is 5.74. The zero-order chi connectivity index (χ0) is 20.8. The van der Waals surface area contributed by atoms with Gasteiger partial charge in [0.05, 0.1) is 5.92 Å². The van der Waals surface area contributed by atoms with Crippen molar-refractivity contribution in [3.8, 4) is 34.5 Å². The predicted molar refractivity (Wildman–Crippen MR) is 106 cm³/mol. The summed E-state index contributed by atoms with van der Waals surface area (Å²) in [5.74, 6) is 3.53. The Balaban J connectivity index is 1.19. The van der Waals surface area contributed by atoms with Gasteiger partial charge in [-0.3, -0.25) is 4.79 Å². The summed E-state index contributed by atoms with van der Waals surface area (Å²) in [7, 11) is 0. The average Bonchev–Trinajstić information content (AvgIpc) is 3.58. The molecule has 9 heteroatoms. The van der Waals surface area contributed by atoms with Gasteiger partial charge >= 0.3 is 0 Å². The third-order valence-corrected chi connectivity index (χ3v) is 5.74. The number of benzene rings is 2. The topological polar surface area (TPSA) is 96.2 Å². The number of carbonyl (C=O) groups excluding carboxylic acids is 1. The maximum atomic E-state index is 13.0. The zero-order valence-electron chi connectivity index (χ0n) is 16.6. The SMILES string of the molecule is O=C(c1ccc2c(c1)OCO2)N1CCCC(c2nnc(-c3ccc4c(c3)OCO4)o2)C1. The number of piperidine rings is 1. The maximum absolute atomic E-state index is 13.0. The third kappa shape index (κ3) is 3.22. The van der Waals surface area contributed by atoms with Gasteiger partial charge in [-0.1, -0.05) is 0 Å². The van der Waals surface area contributed by atoms with Crippen LogP contribution in [0.4, 0.5) is 0 Å². The molecule has 3 aromatic rings. The Labute approximate surface area is 177 Å². The average molecular weight is 421 g/mol. The minimum absolute atomic E-state index is 0.0121. The fourth-order valence-electron chi connectivity index (χ4n) is 4.12. The molecule has 0 radical (unpaired) electrons. The number of amides is 1. The Kier molecular flexibility index (Phi) is 4.19. The Hall–Kier alpha value is -3.75. The molecule has 1 saturated heterocycles. The van der Waals surface area contributed by atoms with E-state index in [-0.39, 0.29) is 25.4 Å². The number of hydrogen-bond acceptors (Lipinski definition) is 8. The fraction of sp³-hybridized carbons (Fsp3) is 0.318. The number of fused-ring (bicyclic) bond motifs is 2. The monoisotopic (exact) mass is 421 g/mol. The van der Waals surface area contributed by atoms with E-state index >= 15 is 0 Å². The molecule has 9 nitrogen and oxygen atoms in total. The molecule has 1 unspecified atom stereocenters. The number of nitrogens with zero attached hydrogens (tertiary/aromatic N) is 3. The first-order valence-electron chi connectivity index (χ1n) is 10.2. The lowest BCUT2D eigenvalue weighted by molar-refractivity contribution is 0.0698. The van der Waals surface area contributed by atoms with Gasteiger partial charge in [-0.25, -0.2) is 0 Å². The van der Waals surface area contributed by atoms with Crippen LogP contribution in [0.1, 0.15) is 35.0 Å². The largest absolute Gasteiger partial charge is 0.454 e. The van der Waals surface area contributed by atoms with Crippen LogP contribution in [0.15, 0.2) is 40.8 Å². The molecular formula is C22H19N3O6. The second kappa shape index (κ2) is 7.19. The van der Waals surface area contributed by atoms with Crippen LogP contribution in [0.3, 0.4) is 0 Å². The van der Waals surface area contributed by atoms with Crippen molar-refractivity contribution >= 4 is 5.91 Å². The number of ether oxygens (including phenoxy) is 4. The van der Waals surface area contributed by atoms with E-state index in [1.165, 1.54) is 0 Å². The number of likely N-dealkylation sites (tertiary alicyclic amines) is 1. The van der Waals surface area contributed by atoms with Crippen molar-refractivity contribution in [2.75, 3.05) is 26.7 Å². The quantitative estimate of drug-likeness (QED) is 0.636. The molecule has 3 aliphatic rings. The summed E-state index contributed by atoms with van der Waals surface area (Å²) >= 11 is 0. The van der Waals surface area contributed by atoms with Crippen molar-refractivity contribution < 1.29 is 28.2 Å². The molecule has 0 N–H and O–H groups in total. The van der Waals surface area contributed by atoms with Crippen molar-refractivity contribution in [2.45, 2.75) is 18.8 Å². The second-order valence-corrected chi connectivity index (χ2v) is 7.67. The van der Waals surface area contributed by atoms with Crippen LogP contribution in [0.2, 0.25) is 0 Å². The molecule has 158 valence electrons. The van der Waals surface area contributed by atoms with Gasteiger partial charge in [-0.15, -0.1) is 10.2 Å². The molecule has 2 aromatic carbocycles. The Morgan fingerprint density at radius 2 is 1.65 bits per heavy atom. The van der Waals surface area contributed by atoms with E-state index in [0.717, 1.165) is 18.4 Å². The van der Waals surface area contributed by atoms with Crippen molar-refractivity contribution in [1.82, 2.24) is 15.1 Å². The summed E-state index contributed by atoms with van der Waals surface area (Å²) < 4.78 is 27.5. The van der Waals surface area contributed by atoms with Gasteiger partial charge in [0, 0.05) is 24.2 Å². The lowest BCUT2D eigenvalue weighted by Crippen LogP contribution is -2.39. The summed E-state index contributed by atoms with van der Waals surface area (Å²) in [6.07, 6.45) is 1.75. The van der Waals surface area contributed by atoms with Gasteiger partial charge in [-0.05, 0) is 49.2 Å². The van der Waals surface area contributed by atoms with Crippen molar-refractivity contribution in [3.63, 3.8) is 0 Å². The number of hydrogen-bond donors (Lipinski definition) is 0. The minimum atomic E-state index is -0.0430. The highest BCUT2D eigenvalue weighted by atomic mass is 16.7. The lowest BCUT2D eigenvalue weighted by atomic mass is 9.97. The minimum Gasteiger partial charge on any atom is -0.454 e. The van der Waals surface area contributed by atoms with E-state index < -0.39 is 0 Å². The maximum Gasteiger partial charge on any atom is 0.254 e. The van der Waals surface area contributed by atoms with Gasteiger partial charge in [0.1, 0.15) is 0 Å². The highest BCUT2D eigenvalue weighted by Gasteiger charge is 2.30. The van der Waals surface area contributed by atoms with Gasteiger partial charge in [0.15, 0.2) is 23.0 Å². The molecule has 1 fully saturated rings. The van der Waals surface area contributed by atoms with E-state index in [4.69, 9.17) is 23.4 Å². The van der Waals surface area contributed by atoms with E-state index in [1.54, 1.807) is 18.2 Å². The Bertz CT molecular complexity index is 1160. The first-order valence-corrected chi connectivity index (χ1v) is 10.2. The molecule has 31 heavy (non-hydrogen) atoms. The molecule has 6 rings (SSSR count). The summed E-state index contributed by atoms with van der Waals surface area (Å²) in [6.45, 7) is 1.60. The Morgan fingerprint density at radius 3 is 2.48 bits per heavy atom. The zero-order valence-corrected chi connectivity index (χ0v) is 16.6. The molecular weight excluding hydrogens is 402 g/mol.